The van der Waals surface area contributed by atoms with Crippen LogP contribution in [0.25, 0.3) is 0 Å². The molecule has 3 rings (SSSR count). The molecule has 29 heavy (non-hydrogen) atoms. The summed E-state index contributed by atoms with van der Waals surface area (Å²) in [6.07, 6.45) is 3.25. The Kier molecular flexibility index (Phi) is 6.79. The van der Waals surface area contributed by atoms with Crippen LogP contribution in [0.4, 0.5) is 0 Å². The Hall–Kier alpha value is -2.97. The summed E-state index contributed by atoms with van der Waals surface area (Å²) < 4.78 is 5.77. The van der Waals surface area contributed by atoms with Crippen molar-refractivity contribution in [1.29, 1.82) is 0 Å². The zero-order chi connectivity index (χ0) is 20.8. The number of likely N-dealkylation sites (tertiary alicyclic amines) is 1. The van der Waals surface area contributed by atoms with Crippen molar-refractivity contribution in [3.8, 4) is 11.5 Å². The number of aldehydes is 1. The topological polar surface area (TPSA) is 120 Å². The van der Waals surface area contributed by atoms with Gasteiger partial charge in [-0.1, -0.05) is 6.07 Å². The van der Waals surface area contributed by atoms with Gasteiger partial charge in [0.15, 0.2) is 6.29 Å². The fraction of sp³-hybridized carbons (Fsp3) is 0.381. The maximum atomic E-state index is 13.2. The Balaban J connectivity index is 1.79. The molecule has 2 heterocycles. The fourth-order valence-electron chi connectivity index (χ4n) is 3.51. The minimum Gasteiger partial charge on any atom is -0.507 e. The first kappa shape index (κ1) is 20.8. The standard InChI is InChI=1S/C21H24N2O6/c24-11-16-17(26)7-3-8-19(16)29-13-14-5-1-2-10-23(14)21(28)15-6-4-9-22-20(15)18(27)12-25/h3-4,6-9,11,14,18,25-27H,1-2,5,10,12-13H2/t14-,18-/m1/s1. The summed E-state index contributed by atoms with van der Waals surface area (Å²) in [4.78, 5) is 30.2. The largest absolute Gasteiger partial charge is 0.507 e. The molecule has 1 aromatic carbocycles. The van der Waals surface area contributed by atoms with Crippen molar-refractivity contribution < 1.29 is 29.6 Å². The molecular formula is C21H24N2O6. The van der Waals surface area contributed by atoms with Crippen LogP contribution in [0.1, 0.15) is 51.8 Å². The second kappa shape index (κ2) is 9.49. The third-order valence-electron chi connectivity index (χ3n) is 5.04. The molecule has 0 saturated carbocycles. The van der Waals surface area contributed by atoms with Gasteiger partial charge < -0.3 is 25.0 Å². The Morgan fingerprint density at radius 2 is 2.14 bits per heavy atom. The molecule has 3 N–H and O–H groups in total. The number of piperidine rings is 1. The minimum absolute atomic E-state index is 0.0711. The highest BCUT2D eigenvalue weighted by atomic mass is 16.5. The van der Waals surface area contributed by atoms with Gasteiger partial charge in [0.05, 0.1) is 29.5 Å². The van der Waals surface area contributed by atoms with Crippen LogP contribution in [0.15, 0.2) is 36.5 Å². The van der Waals surface area contributed by atoms with Crippen molar-refractivity contribution >= 4 is 12.2 Å². The molecule has 0 spiro atoms. The third-order valence-corrected chi connectivity index (χ3v) is 5.04. The molecule has 1 aliphatic heterocycles. The quantitative estimate of drug-likeness (QED) is 0.605. The van der Waals surface area contributed by atoms with Gasteiger partial charge in [-0.15, -0.1) is 0 Å². The van der Waals surface area contributed by atoms with E-state index in [9.17, 15) is 24.9 Å². The number of benzene rings is 1. The molecule has 0 radical (unpaired) electrons. The molecule has 8 heteroatoms. The number of carbonyl (C=O) groups excluding carboxylic acids is 2. The van der Waals surface area contributed by atoms with Gasteiger partial charge in [-0.05, 0) is 43.5 Å². The number of carbonyl (C=O) groups is 2. The molecule has 154 valence electrons. The van der Waals surface area contributed by atoms with Crippen molar-refractivity contribution in [1.82, 2.24) is 9.88 Å². The second-order valence-corrected chi connectivity index (χ2v) is 6.90. The molecule has 8 nitrogen and oxygen atoms in total. The van der Waals surface area contributed by atoms with Crippen LogP contribution in [-0.4, -0.2) is 63.2 Å². The highest BCUT2D eigenvalue weighted by Gasteiger charge is 2.30. The van der Waals surface area contributed by atoms with Gasteiger partial charge in [0.25, 0.3) is 5.91 Å². The van der Waals surface area contributed by atoms with E-state index in [2.05, 4.69) is 4.98 Å². The number of aliphatic hydroxyl groups is 2. The number of phenols is 1. The Bertz CT molecular complexity index is 872. The average Bonchev–Trinajstić information content (AvgIpc) is 2.77. The first-order chi connectivity index (χ1) is 14.1. The van der Waals surface area contributed by atoms with E-state index in [1.807, 2.05) is 0 Å². The van der Waals surface area contributed by atoms with Crippen LogP contribution in [0.5, 0.6) is 11.5 Å². The van der Waals surface area contributed by atoms with Gasteiger partial charge in [0.1, 0.15) is 24.2 Å². The van der Waals surface area contributed by atoms with Crippen LogP contribution < -0.4 is 4.74 Å². The monoisotopic (exact) mass is 400 g/mol. The summed E-state index contributed by atoms with van der Waals surface area (Å²) in [5.41, 5.74) is 0.454. The lowest BCUT2D eigenvalue weighted by Gasteiger charge is -2.36. The number of aliphatic hydroxyl groups excluding tert-OH is 2. The molecule has 0 bridgehead atoms. The Morgan fingerprint density at radius 3 is 2.90 bits per heavy atom. The highest BCUT2D eigenvalue weighted by Crippen LogP contribution is 2.28. The summed E-state index contributed by atoms with van der Waals surface area (Å²) in [6, 6.07) is 7.53. The van der Waals surface area contributed by atoms with E-state index in [1.54, 1.807) is 29.2 Å². The lowest BCUT2D eigenvalue weighted by Crippen LogP contribution is -2.47. The summed E-state index contributed by atoms with van der Waals surface area (Å²) in [5.74, 6) is -0.191. The van der Waals surface area contributed by atoms with Crippen molar-refractivity contribution in [2.24, 2.45) is 0 Å². The lowest BCUT2D eigenvalue weighted by molar-refractivity contribution is 0.0510. The number of aromatic nitrogens is 1. The molecule has 1 amide bonds. The van der Waals surface area contributed by atoms with Crippen molar-refractivity contribution in [2.45, 2.75) is 31.4 Å². The first-order valence-electron chi connectivity index (χ1n) is 9.51. The normalized spacial score (nSPS) is 17.6. The summed E-state index contributed by atoms with van der Waals surface area (Å²) in [6.45, 7) is 0.154. The predicted octanol–water partition coefficient (Wildman–Crippen LogP) is 1.70. The van der Waals surface area contributed by atoms with Crippen LogP contribution >= 0.6 is 0 Å². The van der Waals surface area contributed by atoms with E-state index >= 15 is 0 Å². The number of hydrogen-bond acceptors (Lipinski definition) is 7. The van der Waals surface area contributed by atoms with E-state index in [-0.39, 0.29) is 46.9 Å². The number of phenolic OH excluding ortho intramolecular Hbond substituents is 1. The fourth-order valence-corrected chi connectivity index (χ4v) is 3.51. The second-order valence-electron chi connectivity index (χ2n) is 6.90. The molecule has 2 atom stereocenters. The number of amides is 1. The molecule has 1 fully saturated rings. The van der Waals surface area contributed by atoms with Gasteiger partial charge in [-0.25, -0.2) is 0 Å². The van der Waals surface area contributed by atoms with E-state index in [1.165, 1.54) is 12.3 Å². The minimum atomic E-state index is -1.24. The number of aromatic hydroxyl groups is 1. The molecular weight excluding hydrogens is 376 g/mol. The summed E-state index contributed by atoms with van der Waals surface area (Å²) in [7, 11) is 0. The van der Waals surface area contributed by atoms with E-state index < -0.39 is 12.7 Å². The van der Waals surface area contributed by atoms with Crippen molar-refractivity contribution in [3.05, 3.63) is 53.3 Å². The van der Waals surface area contributed by atoms with Gasteiger partial charge in [0, 0.05) is 12.7 Å². The van der Waals surface area contributed by atoms with Crippen LogP contribution in [0, 0.1) is 0 Å². The zero-order valence-electron chi connectivity index (χ0n) is 15.9. The molecule has 1 aliphatic rings. The average molecular weight is 400 g/mol. The number of nitrogens with zero attached hydrogens (tertiary/aromatic N) is 2. The van der Waals surface area contributed by atoms with Crippen LogP contribution in [-0.2, 0) is 0 Å². The van der Waals surface area contributed by atoms with Crippen molar-refractivity contribution in [3.63, 3.8) is 0 Å². The summed E-state index contributed by atoms with van der Waals surface area (Å²) >= 11 is 0. The Labute approximate surface area is 168 Å². The van der Waals surface area contributed by atoms with E-state index in [4.69, 9.17) is 4.74 Å². The number of hydrogen-bond donors (Lipinski definition) is 3. The SMILES string of the molecule is O=Cc1c(O)cccc1OC[C@H]1CCCCN1C(=O)c1cccnc1[C@H](O)CO. The van der Waals surface area contributed by atoms with Crippen molar-refractivity contribution in [2.75, 3.05) is 19.8 Å². The summed E-state index contributed by atoms with van der Waals surface area (Å²) in [5, 5.41) is 29.0. The molecule has 1 saturated heterocycles. The first-order valence-corrected chi connectivity index (χ1v) is 9.51. The Morgan fingerprint density at radius 1 is 1.31 bits per heavy atom. The van der Waals surface area contributed by atoms with Gasteiger partial charge in [-0.2, -0.15) is 0 Å². The van der Waals surface area contributed by atoms with Gasteiger partial charge in [0.2, 0.25) is 0 Å². The lowest BCUT2D eigenvalue weighted by atomic mass is 10.00. The molecule has 0 unspecified atom stereocenters. The van der Waals surface area contributed by atoms with Crippen LogP contribution in [0.2, 0.25) is 0 Å². The number of ether oxygens (including phenoxy) is 1. The number of rotatable bonds is 7. The predicted molar refractivity (Wildman–Crippen MR) is 104 cm³/mol. The molecule has 1 aromatic heterocycles. The smallest absolute Gasteiger partial charge is 0.256 e. The van der Waals surface area contributed by atoms with Gasteiger partial charge >= 0.3 is 0 Å². The van der Waals surface area contributed by atoms with Gasteiger partial charge in [-0.3, -0.25) is 14.6 Å². The molecule has 0 aliphatic carbocycles. The van der Waals surface area contributed by atoms with E-state index in [0.29, 0.717) is 12.8 Å². The van der Waals surface area contributed by atoms with E-state index in [0.717, 1.165) is 19.3 Å². The zero-order valence-corrected chi connectivity index (χ0v) is 15.9. The maximum absolute atomic E-state index is 13.2. The number of pyridine rings is 1. The maximum Gasteiger partial charge on any atom is 0.256 e. The highest BCUT2D eigenvalue weighted by molar-refractivity contribution is 5.95. The third kappa shape index (κ3) is 4.55. The molecule has 2 aromatic rings. The van der Waals surface area contributed by atoms with Crippen LogP contribution in [0.3, 0.4) is 0 Å².